The topological polar surface area (TPSA) is 16.1 Å². The standard InChI is InChI=1S/C14H20FN2/c1-2-6-13-7-4-3-5-8-17(13)14-9-12(15)10-16-11-14/h8-11,13H,2-7H2,1H3. The quantitative estimate of drug-likeness (QED) is 0.789. The Hall–Kier alpha value is -1.12. The van der Waals surface area contributed by atoms with Crippen LogP contribution in [-0.4, -0.2) is 11.0 Å². The van der Waals surface area contributed by atoms with Gasteiger partial charge in [0.15, 0.2) is 0 Å². The van der Waals surface area contributed by atoms with E-state index in [1.165, 1.54) is 25.5 Å². The summed E-state index contributed by atoms with van der Waals surface area (Å²) in [6.45, 7) is 4.41. The van der Waals surface area contributed by atoms with Gasteiger partial charge in [0, 0.05) is 18.7 Å². The third-order valence-corrected chi connectivity index (χ3v) is 3.32. The summed E-state index contributed by atoms with van der Waals surface area (Å²) in [5, 5.41) is 0. The molecule has 0 spiro atoms. The largest absolute Gasteiger partial charge is 0.362 e. The predicted molar refractivity (Wildman–Crippen MR) is 68.1 cm³/mol. The fourth-order valence-electron chi connectivity index (χ4n) is 2.52. The summed E-state index contributed by atoms with van der Waals surface area (Å²) in [5.41, 5.74) is 0.894. The van der Waals surface area contributed by atoms with E-state index >= 15 is 0 Å². The first-order valence-corrected chi connectivity index (χ1v) is 6.53. The highest BCUT2D eigenvalue weighted by Crippen LogP contribution is 2.28. The zero-order valence-corrected chi connectivity index (χ0v) is 10.4. The van der Waals surface area contributed by atoms with Crippen molar-refractivity contribution in [1.29, 1.82) is 0 Å². The molecule has 1 aliphatic heterocycles. The second-order valence-electron chi connectivity index (χ2n) is 4.68. The van der Waals surface area contributed by atoms with Gasteiger partial charge in [0.25, 0.3) is 0 Å². The van der Waals surface area contributed by atoms with Crippen LogP contribution in [-0.2, 0) is 0 Å². The molecule has 17 heavy (non-hydrogen) atoms. The first kappa shape index (κ1) is 12.3. The third-order valence-electron chi connectivity index (χ3n) is 3.32. The second kappa shape index (κ2) is 5.99. The lowest BCUT2D eigenvalue weighted by Gasteiger charge is -2.31. The first-order valence-electron chi connectivity index (χ1n) is 6.53. The molecule has 2 heterocycles. The number of halogens is 1. The average molecular weight is 235 g/mol. The van der Waals surface area contributed by atoms with Crippen LogP contribution in [0, 0.1) is 12.4 Å². The van der Waals surface area contributed by atoms with Crippen molar-refractivity contribution in [3.8, 4) is 0 Å². The average Bonchev–Trinajstić information content (AvgIpc) is 2.55. The number of anilines is 1. The molecule has 0 amide bonds. The van der Waals surface area contributed by atoms with Crippen molar-refractivity contribution in [3.63, 3.8) is 0 Å². The van der Waals surface area contributed by atoms with Gasteiger partial charge in [-0.05, 0) is 19.3 Å². The fourth-order valence-corrected chi connectivity index (χ4v) is 2.52. The molecule has 1 aliphatic rings. The molecule has 0 bridgehead atoms. The Morgan fingerprint density at radius 1 is 1.41 bits per heavy atom. The van der Waals surface area contributed by atoms with E-state index in [4.69, 9.17) is 0 Å². The maximum atomic E-state index is 13.2. The Kier molecular flexibility index (Phi) is 4.35. The monoisotopic (exact) mass is 235 g/mol. The number of hydrogen-bond donors (Lipinski definition) is 0. The fraction of sp³-hybridized carbons (Fsp3) is 0.571. The molecule has 3 heteroatoms. The third kappa shape index (κ3) is 3.18. The lowest BCUT2D eigenvalue weighted by Crippen LogP contribution is -2.32. The number of rotatable bonds is 3. The van der Waals surface area contributed by atoms with Crippen LogP contribution >= 0.6 is 0 Å². The molecule has 0 saturated carbocycles. The molecule has 1 saturated heterocycles. The minimum absolute atomic E-state index is 0.254. The van der Waals surface area contributed by atoms with E-state index in [9.17, 15) is 4.39 Å². The van der Waals surface area contributed by atoms with Gasteiger partial charge in [-0.1, -0.05) is 26.2 Å². The zero-order valence-electron chi connectivity index (χ0n) is 10.4. The smallest absolute Gasteiger partial charge is 0.143 e. The minimum Gasteiger partial charge on any atom is -0.362 e. The highest BCUT2D eigenvalue weighted by molar-refractivity contribution is 5.47. The summed E-state index contributed by atoms with van der Waals surface area (Å²) >= 11 is 0. The lowest BCUT2D eigenvalue weighted by molar-refractivity contribution is 0.535. The van der Waals surface area contributed by atoms with Gasteiger partial charge in [-0.3, -0.25) is 4.98 Å². The summed E-state index contributed by atoms with van der Waals surface area (Å²) in [6.07, 6.45) is 10.1. The van der Waals surface area contributed by atoms with Gasteiger partial charge < -0.3 is 4.90 Å². The van der Waals surface area contributed by atoms with Gasteiger partial charge in [-0.2, -0.15) is 0 Å². The maximum Gasteiger partial charge on any atom is 0.143 e. The van der Waals surface area contributed by atoms with Gasteiger partial charge in [0.1, 0.15) is 5.82 Å². The zero-order chi connectivity index (χ0) is 12.1. The number of pyridine rings is 1. The molecular formula is C14H20FN2. The van der Waals surface area contributed by atoms with Crippen LogP contribution in [0.4, 0.5) is 10.1 Å². The highest BCUT2D eigenvalue weighted by atomic mass is 19.1. The van der Waals surface area contributed by atoms with Crippen molar-refractivity contribution in [2.45, 2.75) is 51.5 Å². The Morgan fingerprint density at radius 3 is 3.06 bits per heavy atom. The van der Waals surface area contributed by atoms with Crippen molar-refractivity contribution < 1.29 is 4.39 Å². The van der Waals surface area contributed by atoms with Crippen LogP contribution in [0.15, 0.2) is 18.5 Å². The maximum absolute atomic E-state index is 13.2. The molecule has 1 atom stereocenters. The van der Waals surface area contributed by atoms with Gasteiger partial charge >= 0.3 is 0 Å². The molecule has 1 unspecified atom stereocenters. The Morgan fingerprint density at radius 2 is 2.29 bits per heavy atom. The summed E-state index contributed by atoms with van der Waals surface area (Å²) in [5.74, 6) is -0.254. The summed E-state index contributed by atoms with van der Waals surface area (Å²) < 4.78 is 13.2. The van der Waals surface area contributed by atoms with E-state index in [2.05, 4.69) is 23.4 Å². The lowest BCUT2D eigenvalue weighted by atomic mass is 10.0. The molecule has 2 rings (SSSR count). The number of nitrogens with zero attached hydrogens (tertiary/aromatic N) is 2. The van der Waals surface area contributed by atoms with Crippen LogP contribution in [0.1, 0.15) is 45.4 Å². The molecule has 1 aromatic heterocycles. The van der Waals surface area contributed by atoms with E-state index in [1.54, 1.807) is 12.3 Å². The van der Waals surface area contributed by atoms with Crippen molar-refractivity contribution >= 4 is 5.69 Å². The molecule has 0 aromatic carbocycles. The normalized spacial score (nSPS) is 21.3. The van der Waals surface area contributed by atoms with Gasteiger partial charge in [0.05, 0.1) is 18.1 Å². The Balaban J connectivity index is 2.19. The van der Waals surface area contributed by atoms with E-state index in [0.29, 0.717) is 6.04 Å². The summed E-state index contributed by atoms with van der Waals surface area (Å²) in [7, 11) is 0. The first-order chi connectivity index (χ1) is 8.31. The van der Waals surface area contributed by atoms with Crippen molar-refractivity contribution in [3.05, 3.63) is 30.8 Å². The molecule has 1 fully saturated rings. The van der Waals surface area contributed by atoms with Crippen LogP contribution in [0.5, 0.6) is 0 Å². The van der Waals surface area contributed by atoms with Crippen LogP contribution in [0.2, 0.25) is 0 Å². The summed E-state index contributed by atoms with van der Waals surface area (Å²) in [4.78, 5) is 6.18. The number of aromatic nitrogens is 1. The molecule has 2 nitrogen and oxygen atoms in total. The molecule has 1 radical (unpaired) electrons. The van der Waals surface area contributed by atoms with Crippen LogP contribution in [0.25, 0.3) is 0 Å². The van der Waals surface area contributed by atoms with E-state index in [-0.39, 0.29) is 5.82 Å². The molecule has 0 aliphatic carbocycles. The Bertz CT molecular complexity index is 354. The molecule has 0 N–H and O–H groups in total. The predicted octanol–water partition coefficient (Wildman–Crippen LogP) is 3.93. The Labute approximate surface area is 103 Å². The molecule has 1 aromatic rings. The number of hydrogen-bond acceptors (Lipinski definition) is 2. The van der Waals surface area contributed by atoms with Crippen molar-refractivity contribution in [1.82, 2.24) is 4.98 Å². The second-order valence-corrected chi connectivity index (χ2v) is 4.68. The molecule has 93 valence electrons. The highest BCUT2D eigenvalue weighted by Gasteiger charge is 2.21. The minimum atomic E-state index is -0.254. The van der Waals surface area contributed by atoms with Crippen molar-refractivity contribution in [2.24, 2.45) is 0 Å². The van der Waals surface area contributed by atoms with Gasteiger partial charge in [0.2, 0.25) is 0 Å². The molecular weight excluding hydrogens is 215 g/mol. The van der Waals surface area contributed by atoms with E-state index < -0.39 is 0 Å². The van der Waals surface area contributed by atoms with Crippen LogP contribution < -0.4 is 4.90 Å². The van der Waals surface area contributed by atoms with E-state index in [1.807, 2.05) is 0 Å². The van der Waals surface area contributed by atoms with Crippen LogP contribution in [0.3, 0.4) is 0 Å². The van der Waals surface area contributed by atoms with Gasteiger partial charge in [-0.15, -0.1) is 0 Å². The SMILES string of the molecule is CCCC1CCCC[CH]N1c1cncc(F)c1. The van der Waals surface area contributed by atoms with Gasteiger partial charge in [-0.25, -0.2) is 4.39 Å². The summed E-state index contributed by atoms with van der Waals surface area (Å²) in [6, 6.07) is 2.09. The van der Waals surface area contributed by atoms with Crippen molar-refractivity contribution in [2.75, 3.05) is 4.90 Å². The van der Waals surface area contributed by atoms with E-state index in [0.717, 1.165) is 24.9 Å².